The summed E-state index contributed by atoms with van der Waals surface area (Å²) in [5.74, 6) is -0.241. The maximum absolute atomic E-state index is 11.9. The van der Waals surface area contributed by atoms with Gasteiger partial charge in [-0.05, 0) is 30.9 Å². The van der Waals surface area contributed by atoms with Crippen LogP contribution in [0, 0.1) is 5.92 Å². The van der Waals surface area contributed by atoms with Gasteiger partial charge in [-0.1, -0.05) is 6.07 Å². The summed E-state index contributed by atoms with van der Waals surface area (Å²) in [6.45, 7) is 0.716. The zero-order valence-corrected chi connectivity index (χ0v) is 9.18. The summed E-state index contributed by atoms with van der Waals surface area (Å²) in [5, 5.41) is 18.9. The normalized spacial score (nSPS) is 14.8. The van der Waals surface area contributed by atoms with Crippen LogP contribution in [0.25, 0.3) is 0 Å². The summed E-state index contributed by atoms with van der Waals surface area (Å²) in [5.41, 5.74) is 0.156. The van der Waals surface area contributed by atoms with E-state index in [0.29, 0.717) is 12.5 Å². The van der Waals surface area contributed by atoms with Crippen LogP contribution < -0.4 is 0 Å². The molecule has 1 fully saturated rings. The van der Waals surface area contributed by atoms with Crippen LogP contribution in [0.4, 0.5) is 0 Å². The van der Waals surface area contributed by atoms with Crippen molar-refractivity contribution in [1.29, 1.82) is 0 Å². The number of carbonyl (C=O) groups excluding carboxylic acids is 1. The molecule has 0 spiro atoms. The molecule has 4 heteroatoms. The number of aromatic hydroxyl groups is 2. The lowest BCUT2D eigenvalue weighted by Crippen LogP contribution is -2.28. The maximum Gasteiger partial charge on any atom is 0.257 e. The first-order valence-corrected chi connectivity index (χ1v) is 5.36. The van der Waals surface area contributed by atoms with Gasteiger partial charge in [0.15, 0.2) is 11.5 Å². The van der Waals surface area contributed by atoms with Crippen molar-refractivity contribution in [3.8, 4) is 11.5 Å². The average Bonchev–Trinajstić information content (AvgIpc) is 3.05. The van der Waals surface area contributed by atoms with Gasteiger partial charge in [-0.3, -0.25) is 4.79 Å². The number of para-hydroxylation sites is 1. The highest BCUT2D eigenvalue weighted by molar-refractivity contribution is 5.97. The molecule has 0 aromatic heterocycles. The minimum absolute atomic E-state index is 0.156. The van der Waals surface area contributed by atoms with Gasteiger partial charge in [0.1, 0.15) is 0 Å². The number of amides is 1. The van der Waals surface area contributed by atoms with E-state index in [0.717, 1.165) is 0 Å². The zero-order chi connectivity index (χ0) is 11.7. The second kappa shape index (κ2) is 4.04. The molecule has 1 aliphatic rings. The molecule has 1 aromatic rings. The van der Waals surface area contributed by atoms with E-state index in [2.05, 4.69) is 0 Å². The van der Waals surface area contributed by atoms with Crippen LogP contribution >= 0.6 is 0 Å². The number of benzene rings is 1. The Morgan fingerprint density at radius 2 is 2.12 bits per heavy atom. The van der Waals surface area contributed by atoms with Gasteiger partial charge in [-0.15, -0.1) is 0 Å². The molecule has 0 bridgehead atoms. The van der Waals surface area contributed by atoms with E-state index in [9.17, 15) is 15.0 Å². The smallest absolute Gasteiger partial charge is 0.257 e. The lowest BCUT2D eigenvalue weighted by atomic mass is 10.1. The zero-order valence-electron chi connectivity index (χ0n) is 9.18. The Morgan fingerprint density at radius 3 is 2.75 bits per heavy atom. The van der Waals surface area contributed by atoms with Crippen LogP contribution in [0.1, 0.15) is 23.2 Å². The second-order valence-electron chi connectivity index (χ2n) is 4.30. The fourth-order valence-corrected chi connectivity index (χ4v) is 1.68. The van der Waals surface area contributed by atoms with Crippen LogP contribution in [0.15, 0.2) is 18.2 Å². The van der Waals surface area contributed by atoms with Crippen molar-refractivity contribution >= 4 is 5.91 Å². The van der Waals surface area contributed by atoms with Crippen molar-refractivity contribution in [2.45, 2.75) is 12.8 Å². The Morgan fingerprint density at radius 1 is 1.44 bits per heavy atom. The molecule has 1 saturated carbocycles. The van der Waals surface area contributed by atoms with Gasteiger partial charge in [-0.25, -0.2) is 0 Å². The number of carbonyl (C=O) groups is 1. The van der Waals surface area contributed by atoms with Crippen molar-refractivity contribution in [2.75, 3.05) is 13.6 Å². The Bertz CT molecular complexity index is 413. The molecule has 2 N–H and O–H groups in total. The molecule has 4 nitrogen and oxygen atoms in total. The van der Waals surface area contributed by atoms with Gasteiger partial charge in [0.25, 0.3) is 5.91 Å². The highest BCUT2D eigenvalue weighted by Gasteiger charge is 2.26. The molecule has 0 unspecified atom stereocenters. The van der Waals surface area contributed by atoms with E-state index < -0.39 is 0 Å². The standard InChI is InChI=1S/C12H15NO3/c1-13(7-8-5-6-8)12(16)9-3-2-4-10(14)11(9)15/h2-4,8,14-15H,5-7H2,1H3. The Hall–Kier alpha value is -1.71. The monoisotopic (exact) mass is 221 g/mol. The first-order valence-electron chi connectivity index (χ1n) is 5.36. The van der Waals surface area contributed by atoms with Crippen molar-refractivity contribution in [3.05, 3.63) is 23.8 Å². The number of hydrogen-bond donors (Lipinski definition) is 2. The minimum Gasteiger partial charge on any atom is -0.504 e. The molecule has 86 valence electrons. The summed E-state index contributed by atoms with van der Waals surface area (Å²) in [6, 6.07) is 4.42. The number of phenolic OH excluding ortho intramolecular Hbond substituents is 2. The first kappa shape index (κ1) is 10.8. The molecule has 0 radical (unpaired) electrons. The highest BCUT2D eigenvalue weighted by Crippen LogP contribution is 2.32. The maximum atomic E-state index is 11.9. The quantitative estimate of drug-likeness (QED) is 0.762. The summed E-state index contributed by atoms with van der Waals surface area (Å²) >= 11 is 0. The number of nitrogens with zero attached hydrogens (tertiary/aromatic N) is 1. The SMILES string of the molecule is CN(CC1CC1)C(=O)c1cccc(O)c1O. The molecule has 0 atom stereocenters. The van der Waals surface area contributed by atoms with E-state index in [-0.39, 0.29) is 23.0 Å². The van der Waals surface area contributed by atoms with Crippen LogP contribution in [-0.2, 0) is 0 Å². The molecule has 2 rings (SSSR count). The largest absolute Gasteiger partial charge is 0.504 e. The number of phenols is 2. The number of rotatable bonds is 3. The van der Waals surface area contributed by atoms with E-state index in [1.165, 1.54) is 25.0 Å². The van der Waals surface area contributed by atoms with Gasteiger partial charge in [0.2, 0.25) is 0 Å². The fourth-order valence-electron chi connectivity index (χ4n) is 1.68. The lowest BCUT2D eigenvalue weighted by molar-refractivity contribution is 0.0785. The van der Waals surface area contributed by atoms with Gasteiger partial charge in [0, 0.05) is 13.6 Å². The third-order valence-electron chi connectivity index (χ3n) is 2.82. The fraction of sp³-hybridized carbons (Fsp3) is 0.417. The molecule has 16 heavy (non-hydrogen) atoms. The van der Waals surface area contributed by atoms with E-state index in [1.807, 2.05) is 0 Å². The Labute approximate surface area is 94.1 Å². The highest BCUT2D eigenvalue weighted by atomic mass is 16.3. The van der Waals surface area contributed by atoms with Crippen LogP contribution in [0.3, 0.4) is 0 Å². The van der Waals surface area contributed by atoms with E-state index >= 15 is 0 Å². The molecular weight excluding hydrogens is 206 g/mol. The summed E-state index contributed by atoms with van der Waals surface area (Å²) in [6.07, 6.45) is 2.34. The van der Waals surface area contributed by atoms with Crippen molar-refractivity contribution in [3.63, 3.8) is 0 Å². The number of hydrogen-bond acceptors (Lipinski definition) is 3. The molecule has 0 saturated heterocycles. The lowest BCUT2D eigenvalue weighted by Gasteiger charge is -2.17. The van der Waals surface area contributed by atoms with Crippen LogP contribution in [0.2, 0.25) is 0 Å². The van der Waals surface area contributed by atoms with Gasteiger partial charge >= 0.3 is 0 Å². The summed E-state index contributed by atoms with van der Waals surface area (Å²) in [4.78, 5) is 13.5. The predicted octanol–water partition coefficient (Wildman–Crippen LogP) is 1.58. The van der Waals surface area contributed by atoms with Gasteiger partial charge < -0.3 is 15.1 Å². The summed E-state index contributed by atoms with van der Waals surface area (Å²) < 4.78 is 0. The molecule has 1 aliphatic carbocycles. The average molecular weight is 221 g/mol. The van der Waals surface area contributed by atoms with Crippen LogP contribution in [0.5, 0.6) is 11.5 Å². The van der Waals surface area contributed by atoms with Crippen molar-refractivity contribution in [1.82, 2.24) is 4.90 Å². The Kier molecular flexibility index (Phi) is 2.73. The minimum atomic E-state index is -0.338. The molecule has 1 amide bonds. The third-order valence-corrected chi connectivity index (χ3v) is 2.82. The summed E-state index contributed by atoms with van der Waals surface area (Å²) in [7, 11) is 1.71. The second-order valence-corrected chi connectivity index (χ2v) is 4.30. The predicted molar refractivity (Wildman–Crippen MR) is 59.5 cm³/mol. The first-order chi connectivity index (χ1) is 7.59. The van der Waals surface area contributed by atoms with E-state index in [1.54, 1.807) is 18.0 Å². The van der Waals surface area contributed by atoms with Gasteiger partial charge in [0.05, 0.1) is 5.56 Å². The molecule has 1 aromatic carbocycles. The molecule has 0 aliphatic heterocycles. The molecule has 0 heterocycles. The van der Waals surface area contributed by atoms with Crippen LogP contribution in [-0.4, -0.2) is 34.6 Å². The van der Waals surface area contributed by atoms with Gasteiger partial charge in [-0.2, -0.15) is 0 Å². The third kappa shape index (κ3) is 2.10. The Balaban J connectivity index is 2.15. The van der Waals surface area contributed by atoms with E-state index in [4.69, 9.17) is 0 Å². The van der Waals surface area contributed by atoms with Crippen molar-refractivity contribution in [2.24, 2.45) is 5.92 Å². The van der Waals surface area contributed by atoms with Crippen molar-refractivity contribution < 1.29 is 15.0 Å². The molecular formula is C12H15NO3. The topological polar surface area (TPSA) is 60.8 Å².